The van der Waals surface area contributed by atoms with Crippen LogP contribution in [0.25, 0.3) is 21.1 Å². The van der Waals surface area contributed by atoms with Gasteiger partial charge in [-0.05, 0) is 73.8 Å². The normalized spacial score (nSPS) is 16.1. The van der Waals surface area contributed by atoms with E-state index in [-0.39, 0.29) is 17.1 Å². The Hall–Kier alpha value is -3.63. The second-order valence-corrected chi connectivity index (χ2v) is 11.7. The highest BCUT2D eigenvalue weighted by molar-refractivity contribution is 7.22. The lowest BCUT2D eigenvalue weighted by atomic mass is 10.0. The molecule has 0 amide bonds. The monoisotopic (exact) mass is 514 g/mol. The van der Waals surface area contributed by atoms with E-state index in [4.69, 9.17) is 4.98 Å². The van der Waals surface area contributed by atoms with E-state index in [0.717, 1.165) is 53.3 Å². The van der Waals surface area contributed by atoms with Crippen LogP contribution in [0.2, 0.25) is 0 Å². The van der Waals surface area contributed by atoms with Crippen molar-refractivity contribution in [3.8, 4) is 0 Å². The van der Waals surface area contributed by atoms with Crippen molar-refractivity contribution in [3.05, 3.63) is 75.8 Å². The molecular formula is C27H30N8OS. The molecule has 1 aliphatic rings. The number of rotatable bonds is 4. The number of pyridine rings is 1. The molecule has 3 aromatic heterocycles. The molecule has 190 valence electrons. The third-order valence-electron chi connectivity index (χ3n) is 6.93. The van der Waals surface area contributed by atoms with Crippen LogP contribution >= 0.6 is 11.3 Å². The minimum atomic E-state index is -0.375. The lowest BCUT2D eigenvalue weighted by Crippen LogP contribution is -2.49. The first kappa shape index (κ1) is 23.7. The Morgan fingerprint density at radius 2 is 1.81 bits per heavy atom. The number of aromatic nitrogens is 6. The number of para-hydroxylation sites is 1. The fraction of sp³-hybridized carbons (Fsp3) is 0.370. The van der Waals surface area contributed by atoms with Gasteiger partial charge < -0.3 is 9.88 Å². The summed E-state index contributed by atoms with van der Waals surface area (Å²) in [5.41, 5.74) is 3.22. The van der Waals surface area contributed by atoms with Crippen LogP contribution in [-0.4, -0.2) is 61.3 Å². The molecule has 1 N–H and O–H groups in total. The van der Waals surface area contributed by atoms with Crippen molar-refractivity contribution in [2.45, 2.75) is 39.3 Å². The van der Waals surface area contributed by atoms with E-state index in [2.05, 4.69) is 82.3 Å². The molecule has 2 aromatic carbocycles. The Bertz CT molecular complexity index is 1600. The van der Waals surface area contributed by atoms with Crippen LogP contribution in [0.15, 0.2) is 53.3 Å². The number of hydrogen-bond acceptors (Lipinski definition) is 8. The standard InChI is InChI=1S/C27H30N8OS/c1-17-9-10-20-18(15-17)16-19(25(36)28-20)23(24-30-31-32-35(24)27(2,3)4)33-11-13-34(14-12-33)26-29-21-7-5-6-8-22(21)37-26/h5-10,15-16,23H,11-14H2,1-4H3,(H,28,36)/t23-/m1/s1. The molecule has 5 aromatic rings. The molecule has 0 unspecified atom stereocenters. The van der Waals surface area contributed by atoms with E-state index < -0.39 is 0 Å². The molecule has 9 nitrogen and oxygen atoms in total. The van der Waals surface area contributed by atoms with E-state index >= 15 is 0 Å². The first-order valence-electron chi connectivity index (χ1n) is 12.5. The second-order valence-electron chi connectivity index (χ2n) is 10.7. The molecule has 0 aliphatic carbocycles. The average molecular weight is 515 g/mol. The van der Waals surface area contributed by atoms with Gasteiger partial charge in [0.15, 0.2) is 11.0 Å². The van der Waals surface area contributed by atoms with Gasteiger partial charge in [-0.3, -0.25) is 9.69 Å². The molecule has 6 rings (SSSR count). The van der Waals surface area contributed by atoms with Gasteiger partial charge in [-0.2, -0.15) is 0 Å². The van der Waals surface area contributed by atoms with Gasteiger partial charge in [0.1, 0.15) is 6.04 Å². The summed E-state index contributed by atoms with van der Waals surface area (Å²) >= 11 is 1.72. The maximum atomic E-state index is 13.5. The second kappa shape index (κ2) is 9.04. The van der Waals surface area contributed by atoms with E-state index in [1.807, 2.05) is 28.9 Å². The molecule has 0 saturated carbocycles. The number of fused-ring (bicyclic) bond motifs is 2. The lowest BCUT2D eigenvalue weighted by molar-refractivity contribution is 0.190. The molecule has 37 heavy (non-hydrogen) atoms. The summed E-state index contributed by atoms with van der Waals surface area (Å²) in [7, 11) is 0. The van der Waals surface area contributed by atoms with Gasteiger partial charge in [0.05, 0.1) is 15.8 Å². The van der Waals surface area contributed by atoms with E-state index in [9.17, 15) is 4.79 Å². The summed E-state index contributed by atoms with van der Waals surface area (Å²) in [4.78, 5) is 26.1. The van der Waals surface area contributed by atoms with Gasteiger partial charge in [0.25, 0.3) is 5.56 Å². The first-order chi connectivity index (χ1) is 17.8. The third kappa shape index (κ3) is 4.40. The summed E-state index contributed by atoms with van der Waals surface area (Å²) in [6.45, 7) is 11.4. The zero-order valence-corrected chi connectivity index (χ0v) is 22.3. The van der Waals surface area contributed by atoms with E-state index in [0.29, 0.717) is 11.4 Å². The van der Waals surface area contributed by atoms with Crippen molar-refractivity contribution in [2.24, 2.45) is 0 Å². The third-order valence-corrected chi connectivity index (χ3v) is 8.03. The summed E-state index contributed by atoms with van der Waals surface area (Å²) in [6, 6.07) is 15.9. The Kier molecular flexibility index (Phi) is 5.80. The SMILES string of the molecule is Cc1ccc2[nH]c(=O)c([C@H](c3nnnn3C(C)(C)C)N3CCN(c4nc5ccccc5s4)CC3)cc2c1. The minimum absolute atomic E-state index is 0.113. The zero-order valence-electron chi connectivity index (χ0n) is 21.5. The van der Waals surface area contributed by atoms with Crippen LogP contribution in [0.1, 0.15) is 43.8 Å². The maximum absolute atomic E-state index is 13.5. The molecule has 1 saturated heterocycles. The van der Waals surface area contributed by atoms with Gasteiger partial charge in [-0.15, -0.1) is 5.10 Å². The topological polar surface area (TPSA) is 95.8 Å². The van der Waals surface area contributed by atoms with Gasteiger partial charge in [-0.1, -0.05) is 35.1 Å². The van der Waals surface area contributed by atoms with Crippen molar-refractivity contribution >= 4 is 37.6 Å². The predicted octanol–water partition coefficient (Wildman–Crippen LogP) is 4.10. The van der Waals surface area contributed by atoms with Gasteiger partial charge in [-0.25, -0.2) is 9.67 Å². The smallest absolute Gasteiger partial charge is 0.253 e. The Balaban J connectivity index is 1.38. The van der Waals surface area contributed by atoms with Crippen LogP contribution in [0, 0.1) is 6.92 Å². The number of hydrogen-bond donors (Lipinski definition) is 1. The number of anilines is 1. The highest BCUT2D eigenvalue weighted by Gasteiger charge is 2.35. The number of H-pyrrole nitrogens is 1. The number of aromatic amines is 1. The lowest BCUT2D eigenvalue weighted by Gasteiger charge is -2.39. The average Bonchev–Trinajstić information content (AvgIpc) is 3.53. The van der Waals surface area contributed by atoms with Crippen molar-refractivity contribution < 1.29 is 0 Å². The van der Waals surface area contributed by atoms with Gasteiger partial charge in [0.2, 0.25) is 0 Å². The minimum Gasteiger partial charge on any atom is -0.345 e. The van der Waals surface area contributed by atoms with Crippen molar-refractivity contribution in [2.75, 3.05) is 31.1 Å². The first-order valence-corrected chi connectivity index (χ1v) is 13.4. The van der Waals surface area contributed by atoms with Crippen molar-refractivity contribution in [1.29, 1.82) is 0 Å². The van der Waals surface area contributed by atoms with Gasteiger partial charge >= 0.3 is 0 Å². The number of aryl methyl sites for hydroxylation is 1. The van der Waals surface area contributed by atoms with Crippen LogP contribution in [0.3, 0.4) is 0 Å². The van der Waals surface area contributed by atoms with Crippen LogP contribution < -0.4 is 10.5 Å². The summed E-state index contributed by atoms with van der Waals surface area (Å²) < 4.78 is 3.04. The molecule has 0 spiro atoms. The molecule has 0 radical (unpaired) electrons. The molecule has 0 bridgehead atoms. The number of piperazine rings is 1. The quantitative estimate of drug-likeness (QED) is 0.386. The zero-order chi connectivity index (χ0) is 25.7. The molecule has 1 fully saturated rings. The maximum Gasteiger partial charge on any atom is 0.253 e. The highest BCUT2D eigenvalue weighted by Crippen LogP contribution is 2.33. The molecular weight excluding hydrogens is 484 g/mol. The largest absolute Gasteiger partial charge is 0.345 e. The predicted molar refractivity (Wildman–Crippen MR) is 147 cm³/mol. The Morgan fingerprint density at radius 1 is 1.03 bits per heavy atom. The number of tetrazole rings is 1. The molecule has 1 aliphatic heterocycles. The molecule has 4 heterocycles. The fourth-order valence-corrected chi connectivity index (χ4v) is 6.07. The van der Waals surface area contributed by atoms with Crippen molar-refractivity contribution in [3.63, 3.8) is 0 Å². The fourth-order valence-electron chi connectivity index (χ4n) is 5.05. The highest BCUT2D eigenvalue weighted by atomic mass is 32.1. The van der Waals surface area contributed by atoms with Crippen LogP contribution in [0.5, 0.6) is 0 Å². The van der Waals surface area contributed by atoms with Gasteiger partial charge in [0, 0.05) is 37.3 Å². The van der Waals surface area contributed by atoms with Crippen LogP contribution in [-0.2, 0) is 5.54 Å². The van der Waals surface area contributed by atoms with E-state index in [1.54, 1.807) is 11.3 Å². The number of nitrogens with one attached hydrogen (secondary N) is 1. The summed E-state index contributed by atoms with van der Waals surface area (Å²) in [5.74, 6) is 0.679. The molecule has 1 atom stereocenters. The number of nitrogens with zero attached hydrogens (tertiary/aromatic N) is 7. The van der Waals surface area contributed by atoms with Crippen molar-refractivity contribution in [1.82, 2.24) is 35.1 Å². The van der Waals surface area contributed by atoms with Crippen LogP contribution in [0.4, 0.5) is 5.13 Å². The summed E-state index contributed by atoms with van der Waals surface area (Å²) in [5, 5.41) is 14.9. The number of benzene rings is 2. The summed E-state index contributed by atoms with van der Waals surface area (Å²) in [6.07, 6.45) is 0. The Labute approximate surface area is 218 Å². The van der Waals surface area contributed by atoms with E-state index in [1.165, 1.54) is 4.70 Å². The molecule has 10 heteroatoms. The number of thiazole rings is 1. The Morgan fingerprint density at radius 3 is 2.57 bits per heavy atom.